The van der Waals surface area contributed by atoms with Crippen molar-refractivity contribution >= 4 is 28.8 Å². The number of carbonyl (C=O) groups excluding carboxylic acids is 1. The van der Waals surface area contributed by atoms with Crippen molar-refractivity contribution in [3.05, 3.63) is 45.9 Å². The molecule has 114 valence electrons. The third kappa shape index (κ3) is 2.94. The first-order valence-corrected chi connectivity index (χ1v) is 7.80. The van der Waals surface area contributed by atoms with E-state index in [4.69, 9.17) is 0 Å². The number of anilines is 1. The predicted octanol–water partition coefficient (Wildman–Crippen LogP) is 3.29. The van der Waals surface area contributed by atoms with Crippen molar-refractivity contribution < 1.29 is 4.79 Å². The lowest BCUT2D eigenvalue weighted by Crippen LogP contribution is -2.31. The first kappa shape index (κ1) is 14.5. The van der Waals surface area contributed by atoms with Crippen molar-refractivity contribution in [2.75, 3.05) is 5.32 Å². The Hall–Kier alpha value is -2.41. The number of hydrogen-bond acceptors (Lipinski definition) is 4. The summed E-state index contributed by atoms with van der Waals surface area (Å²) in [6.07, 6.45) is 1.65. The third-order valence-electron chi connectivity index (χ3n) is 3.26. The van der Waals surface area contributed by atoms with Gasteiger partial charge in [-0.15, -0.1) is 11.3 Å². The Morgan fingerprint density at radius 3 is 2.86 bits per heavy atom. The van der Waals surface area contributed by atoms with Gasteiger partial charge in [-0.25, -0.2) is 9.78 Å². The van der Waals surface area contributed by atoms with Crippen LogP contribution in [0.25, 0.3) is 5.65 Å². The molecule has 1 unspecified atom stereocenters. The normalized spacial score (nSPS) is 12.3. The van der Waals surface area contributed by atoms with E-state index in [0.717, 1.165) is 10.6 Å². The fraction of sp³-hybridized carbons (Fsp3) is 0.267. The van der Waals surface area contributed by atoms with Gasteiger partial charge in [0.1, 0.15) is 5.82 Å². The monoisotopic (exact) mass is 315 g/mol. The molecular weight excluding hydrogens is 298 g/mol. The summed E-state index contributed by atoms with van der Waals surface area (Å²) >= 11 is 1.68. The van der Waals surface area contributed by atoms with E-state index in [9.17, 15) is 4.79 Å². The van der Waals surface area contributed by atoms with Crippen LogP contribution in [0.3, 0.4) is 0 Å². The van der Waals surface area contributed by atoms with Gasteiger partial charge >= 0.3 is 6.03 Å². The fourth-order valence-corrected chi connectivity index (χ4v) is 3.09. The van der Waals surface area contributed by atoms with E-state index >= 15 is 0 Å². The lowest BCUT2D eigenvalue weighted by atomic mass is 10.3. The molecule has 0 bridgehead atoms. The highest BCUT2D eigenvalue weighted by molar-refractivity contribution is 7.12. The maximum Gasteiger partial charge on any atom is 0.320 e. The molecule has 2 N–H and O–H groups in total. The minimum absolute atomic E-state index is 0.0459. The number of carbonyl (C=O) groups is 1. The van der Waals surface area contributed by atoms with E-state index in [2.05, 4.69) is 33.7 Å². The number of nitrogens with zero attached hydrogens (tertiary/aromatic N) is 3. The van der Waals surface area contributed by atoms with Gasteiger partial charge in [-0.3, -0.25) is 5.32 Å². The minimum Gasteiger partial charge on any atom is -0.330 e. The average molecular weight is 315 g/mol. The van der Waals surface area contributed by atoms with E-state index in [1.807, 2.05) is 26.0 Å². The van der Waals surface area contributed by atoms with Gasteiger partial charge in [0.25, 0.3) is 0 Å². The smallest absolute Gasteiger partial charge is 0.320 e. The maximum atomic E-state index is 12.2. The molecule has 0 aliphatic rings. The minimum atomic E-state index is -0.265. The van der Waals surface area contributed by atoms with Crippen molar-refractivity contribution in [3.63, 3.8) is 0 Å². The van der Waals surface area contributed by atoms with Crippen LogP contribution in [0.2, 0.25) is 0 Å². The van der Waals surface area contributed by atoms with Crippen molar-refractivity contribution in [1.29, 1.82) is 0 Å². The number of nitrogens with one attached hydrogen (secondary N) is 2. The standard InChI is InChI=1S/C15H17N5OS/c1-9-8-14-16-7-6-13(20(14)19-9)18-15(21)17-11(3)12-5-4-10(2)22-12/h4-8,11H,1-3H3,(H2,17,18,21). The number of rotatable bonds is 3. The molecule has 0 fully saturated rings. The highest BCUT2D eigenvalue weighted by Gasteiger charge is 2.13. The number of fused-ring (bicyclic) bond motifs is 1. The van der Waals surface area contributed by atoms with E-state index < -0.39 is 0 Å². The molecule has 0 aliphatic carbocycles. The Balaban J connectivity index is 1.73. The van der Waals surface area contributed by atoms with E-state index in [1.54, 1.807) is 28.1 Å². The molecule has 0 saturated heterocycles. The lowest BCUT2D eigenvalue weighted by Gasteiger charge is -2.13. The van der Waals surface area contributed by atoms with Crippen molar-refractivity contribution in [2.24, 2.45) is 0 Å². The van der Waals surface area contributed by atoms with Crippen LogP contribution >= 0.6 is 11.3 Å². The summed E-state index contributed by atoms with van der Waals surface area (Å²) in [4.78, 5) is 18.7. The molecule has 6 nitrogen and oxygen atoms in total. The van der Waals surface area contributed by atoms with E-state index in [-0.39, 0.29) is 12.1 Å². The van der Waals surface area contributed by atoms with Crippen LogP contribution in [-0.2, 0) is 0 Å². The van der Waals surface area contributed by atoms with E-state index in [1.165, 1.54) is 4.88 Å². The fourth-order valence-electron chi connectivity index (χ4n) is 2.21. The molecule has 3 rings (SSSR count). The Kier molecular flexibility index (Phi) is 3.81. The maximum absolute atomic E-state index is 12.2. The molecule has 0 spiro atoms. The summed E-state index contributed by atoms with van der Waals surface area (Å²) in [6, 6.07) is 7.36. The number of aromatic nitrogens is 3. The molecule has 22 heavy (non-hydrogen) atoms. The van der Waals surface area contributed by atoms with Gasteiger partial charge in [-0.2, -0.15) is 9.61 Å². The summed E-state index contributed by atoms with van der Waals surface area (Å²) in [7, 11) is 0. The van der Waals surface area contributed by atoms with Crippen LogP contribution in [-0.4, -0.2) is 20.6 Å². The van der Waals surface area contributed by atoms with Gasteiger partial charge in [0.15, 0.2) is 5.65 Å². The zero-order valence-corrected chi connectivity index (χ0v) is 13.4. The highest BCUT2D eigenvalue weighted by atomic mass is 32.1. The Labute approximate surface area is 132 Å². The first-order valence-electron chi connectivity index (χ1n) is 6.98. The summed E-state index contributed by atoms with van der Waals surface area (Å²) < 4.78 is 1.62. The van der Waals surface area contributed by atoms with Crippen molar-refractivity contribution in [3.8, 4) is 0 Å². The van der Waals surface area contributed by atoms with Crippen LogP contribution in [0.5, 0.6) is 0 Å². The molecule has 0 radical (unpaired) electrons. The third-order valence-corrected chi connectivity index (χ3v) is 4.44. The highest BCUT2D eigenvalue weighted by Crippen LogP contribution is 2.22. The summed E-state index contributed by atoms with van der Waals surface area (Å²) in [6.45, 7) is 5.90. The van der Waals surface area contributed by atoms with E-state index in [0.29, 0.717) is 11.5 Å². The molecule has 7 heteroatoms. The molecule has 3 heterocycles. The zero-order valence-electron chi connectivity index (χ0n) is 12.6. The van der Waals surface area contributed by atoms with Gasteiger partial charge in [-0.1, -0.05) is 0 Å². The molecule has 3 aromatic heterocycles. The lowest BCUT2D eigenvalue weighted by molar-refractivity contribution is 0.249. The second-order valence-electron chi connectivity index (χ2n) is 5.15. The summed E-state index contributed by atoms with van der Waals surface area (Å²) in [5, 5.41) is 10.1. The zero-order chi connectivity index (χ0) is 15.7. The Bertz CT molecular complexity index is 822. The van der Waals surface area contributed by atoms with Crippen LogP contribution in [0.4, 0.5) is 10.6 Å². The number of thiophene rings is 1. The summed E-state index contributed by atoms with van der Waals surface area (Å²) in [5.41, 5.74) is 1.56. The first-order chi connectivity index (χ1) is 10.5. The molecule has 3 aromatic rings. The molecule has 2 amide bonds. The average Bonchev–Trinajstić information content (AvgIpc) is 3.04. The number of amides is 2. The largest absolute Gasteiger partial charge is 0.330 e. The number of hydrogen-bond donors (Lipinski definition) is 2. The molecular formula is C15H17N5OS. The Morgan fingerprint density at radius 2 is 2.14 bits per heavy atom. The number of aryl methyl sites for hydroxylation is 2. The van der Waals surface area contributed by atoms with Gasteiger partial charge in [-0.05, 0) is 39.0 Å². The quantitative estimate of drug-likeness (QED) is 0.779. The second-order valence-corrected chi connectivity index (χ2v) is 6.47. The van der Waals surface area contributed by atoms with Gasteiger partial charge in [0.05, 0.1) is 11.7 Å². The molecule has 1 atom stereocenters. The Morgan fingerprint density at radius 1 is 1.32 bits per heavy atom. The SMILES string of the molecule is Cc1cc2nccc(NC(=O)NC(C)c3ccc(C)s3)n2n1. The van der Waals surface area contributed by atoms with Crippen LogP contribution in [0.1, 0.15) is 28.4 Å². The van der Waals surface area contributed by atoms with Crippen LogP contribution in [0, 0.1) is 13.8 Å². The molecule has 0 aromatic carbocycles. The van der Waals surface area contributed by atoms with Gasteiger partial charge in [0.2, 0.25) is 0 Å². The van der Waals surface area contributed by atoms with Crippen molar-refractivity contribution in [1.82, 2.24) is 19.9 Å². The summed E-state index contributed by atoms with van der Waals surface area (Å²) in [5.74, 6) is 0.588. The second kappa shape index (κ2) is 5.76. The molecule has 0 aliphatic heterocycles. The topological polar surface area (TPSA) is 71.3 Å². The van der Waals surface area contributed by atoms with Gasteiger partial charge in [0, 0.05) is 22.0 Å². The van der Waals surface area contributed by atoms with Crippen LogP contribution in [0.15, 0.2) is 30.5 Å². The van der Waals surface area contributed by atoms with Gasteiger partial charge < -0.3 is 5.32 Å². The van der Waals surface area contributed by atoms with Crippen molar-refractivity contribution in [2.45, 2.75) is 26.8 Å². The number of urea groups is 1. The molecule has 0 saturated carbocycles. The predicted molar refractivity (Wildman–Crippen MR) is 87.3 cm³/mol. The van der Waals surface area contributed by atoms with Crippen LogP contribution < -0.4 is 10.6 Å².